The van der Waals surface area contributed by atoms with Crippen LogP contribution in [0.5, 0.6) is 5.75 Å². The molecule has 1 rings (SSSR count). The van der Waals surface area contributed by atoms with Crippen LogP contribution in [0.2, 0.25) is 5.02 Å². The number of ether oxygens (including phenoxy) is 2. The number of nitrogens with two attached hydrogens (primary N) is 1. The number of alkyl halides is 2. The fourth-order valence-corrected chi connectivity index (χ4v) is 1.88. The maximum atomic E-state index is 12.3. The smallest absolute Gasteiger partial charge is 0.387 e. The van der Waals surface area contributed by atoms with Gasteiger partial charge in [0.25, 0.3) is 0 Å². The molecule has 0 aliphatic heterocycles. The van der Waals surface area contributed by atoms with E-state index in [4.69, 9.17) is 22.1 Å². The number of hydrogen-bond acceptors (Lipinski definition) is 4. The Bertz CT molecular complexity index is 443. The fraction of sp³-hybridized carbons (Fsp3) is 0.417. The molecular weight excluding hydrogens is 280 g/mol. The van der Waals surface area contributed by atoms with Gasteiger partial charge >= 0.3 is 12.6 Å². The van der Waals surface area contributed by atoms with E-state index in [1.807, 2.05) is 0 Å². The molecule has 19 heavy (non-hydrogen) atoms. The Kier molecular flexibility index (Phi) is 5.98. The molecule has 0 amide bonds. The molecule has 1 atom stereocenters. The predicted molar refractivity (Wildman–Crippen MR) is 66.3 cm³/mol. The lowest BCUT2D eigenvalue weighted by Gasteiger charge is -2.17. The van der Waals surface area contributed by atoms with E-state index >= 15 is 0 Å². The van der Waals surface area contributed by atoms with E-state index in [-0.39, 0.29) is 29.4 Å². The number of carbonyl (C=O) groups excluding carboxylic acids is 1. The molecule has 0 heterocycles. The van der Waals surface area contributed by atoms with Crippen LogP contribution >= 0.6 is 11.6 Å². The van der Waals surface area contributed by atoms with E-state index in [1.165, 1.54) is 18.2 Å². The average molecular weight is 294 g/mol. The molecule has 1 unspecified atom stereocenters. The van der Waals surface area contributed by atoms with Crippen molar-refractivity contribution in [3.05, 3.63) is 28.8 Å². The molecule has 0 fully saturated rings. The van der Waals surface area contributed by atoms with Crippen molar-refractivity contribution in [2.24, 2.45) is 5.73 Å². The molecule has 4 nitrogen and oxygen atoms in total. The van der Waals surface area contributed by atoms with E-state index < -0.39 is 18.6 Å². The van der Waals surface area contributed by atoms with Crippen LogP contribution in [-0.2, 0) is 9.53 Å². The van der Waals surface area contributed by atoms with Gasteiger partial charge in [-0.2, -0.15) is 8.78 Å². The van der Waals surface area contributed by atoms with E-state index in [9.17, 15) is 13.6 Å². The van der Waals surface area contributed by atoms with Crippen LogP contribution < -0.4 is 10.5 Å². The highest BCUT2D eigenvalue weighted by Crippen LogP contribution is 2.33. The predicted octanol–water partition coefficient (Wildman–Crippen LogP) is 2.89. The first-order chi connectivity index (χ1) is 8.95. The van der Waals surface area contributed by atoms with Gasteiger partial charge in [-0.15, -0.1) is 0 Å². The number of hydrogen-bond donors (Lipinski definition) is 1. The second-order valence-electron chi connectivity index (χ2n) is 3.65. The maximum Gasteiger partial charge on any atom is 0.387 e. The summed E-state index contributed by atoms with van der Waals surface area (Å²) in [7, 11) is 0. The minimum absolute atomic E-state index is 0.140. The van der Waals surface area contributed by atoms with Gasteiger partial charge in [0, 0.05) is 16.6 Å². The molecule has 0 aliphatic rings. The Morgan fingerprint density at radius 3 is 2.74 bits per heavy atom. The molecule has 0 radical (unpaired) electrons. The first-order valence-corrected chi connectivity index (χ1v) is 5.98. The number of benzene rings is 1. The van der Waals surface area contributed by atoms with Gasteiger partial charge in [0.05, 0.1) is 13.0 Å². The van der Waals surface area contributed by atoms with Crippen molar-refractivity contribution in [2.75, 3.05) is 6.61 Å². The van der Waals surface area contributed by atoms with Crippen LogP contribution in [0.4, 0.5) is 8.78 Å². The summed E-state index contributed by atoms with van der Waals surface area (Å²) in [6, 6.07) is 3.39. The topological polar surface area (TPSA) is 61.5 Å². The Labute approximate surface area is 114 Å². The van der Waals surface area contributed by atoms with Gasteiger partial charge < -0.3 is 15.2 Å². The SMILES string of the molecule is CCOC(=O)CC(N)c1c(Cl)cccc1OC(F)F. The van der Waals surface area contributed by atoms with Crippen molar-refractivity contribution >= 4 is 17.6 Å². The minimum atomic E-state index is -2.99. The molecule has 0 bridgehead atoms. The van der Waals surface area contributed by atoms with Gasteiger partial charge in [0.2, 0.25) is 0 Å². The van der Waals surface area contributed by atoms with Crippen LogP contribution in [0, 0.1) is 0 Å². The molecule has 0 saturated carbocycles. The van der Waals surface area contributed by atoms with Crippen LogP contribution in [0.15, 0.2) is 18.2 Å². The lowest BCUT2D eigenvalue weighted by atomic mass is 10.0. The molecule has 7 heteroatoms. The van der Waals surface area contributed by atoms with E-state index in [2.05, 4.69) is 4.74 Å². The van der Waals surface area contributed by atoms with Crippen molar-refractivity contribution in [1.82, 2.24) is 0 Å². The third kappa shape index (κ3) is 4.65. The summed E-state index contributed by atoms with van der Waals surface area (Å²) in [5.41, 5.74) is 5.96. The molecule has 0 aromatic heterocycles. The van der Waals surface area contributed by atoms with Crippen molar-refractivity contribution in [3.63, 3.8) is 0 Å². The first kappa shape index (κ1) is 15.7. The van der Waals surface area contributed by atoms with E-state index in [1.54, 1.807) is 6.92 Å². The van der Waals surface area contributed by atoms with Crippen LogP contribution in [0.3, 0.4) is 0 Å². The normalized spacial score (nSPS) is 12.3. The first-order valence-electron chi connectivity index (χ1n) is 5.60. The molecule has 0 aliphatic carbocycles. The number of halogens is 3. The monoisotopic (exact) mass is 293 g/mol. The third-order valence-corrected chi connectivity index (χ3v) is 2.62. The molecular formula is C12H14ClF2NO3. The second kappa shape index (κ2) is 7.25. The summed E-state index contributed by atoms with van der Waals surface area (Å²) >= 11 is 5.91. The Morgan fingerprint density at radius 2 is 2.16 bits per heavy atom. The van der Waals surface area contributed by atoms with Gasteiger partial charge in [-0.1, -0.05) is 17.7 Å². The summed E-state index contributed by atoms with van der Waals surface area (Å²) in [5, 5.41) is 0.162. The van der Waals surface area contributed by atoms with Crippen molar-refractivity contribution in [2.45, 2.75) is 26.0 Å². The van der Waals surface area contributed by atoms with Crippen LogP contribution in [0.1, 0.15) is 24.9 Å². The zero-order valence-electron chi connectivity index (χ0n) is 10.2. The fourth-order valence-electron chi connectivity index (χ4n) is 1.58. The largest absolute Gasteiger partial charge is 0.466 e. The lowest BCUT2D eigenvalue weighted by Crippen LogP contribution is -2.19. The summed E-state index contributed by atoms with van der Waals surface area (Å²) in [6.45, 7) is -1.12. The highest BCUT2D eigenvalue weighted by molar-refractivity contribution is 6.31. The van der Waals surface area contributed by atoms with Crippen molar-refractivity contribution in [1.29, 1.82) is 0 Å². The highest BCUT2D eigenvalue weighted by atomic mass is 35.5. The summed E-state index contributed by atoms with van der Waals surface area (Å²) < 4.78 is 33.6. The van der Waals surface area contributed by atoms with Gasteiger partial charge in [0.1, 0.15) is 5.75 Å². The molecule has 1 aromatic carbocycles. The van der Waals surface area contributed by atoms with Gasteiger partial charge in [-0.25, -0.2) is 0 Å². The number of carbonyl (C=O) groups is 1. The third-order valence-electron chi connectivity index (χ3n) is 2.29. The standard InChI is InChI=1S/C12H14ClF2NO3/c1-2-18-10(17)6-8(16)11-7(13)4-3-5-9(11)19-12(14)15/h3-5,8,12H,2,6,16H2,1H3. The zero-order valence-corrected chi connectivity index (χ0v) is 11.0. The van der Waals surface area contributed by atoms with Gasteiger partial charge in [-0.05, 0) is 19.1 Å². The number of rotatable bonds is 6. The van der Waals surface area contributed by atoms with Gasteiger partial charge in [0.15, 0.2) is 0 Å². The summed E-state index contributed by atoms with van der Waals surface area (Å²) in [5.74, 6) is -0.669. The summed E-state index contributed by atoms with van der Waals surface area (Å²) in [4.78, 5) is 11.3. The molecule has 106 valence electrons. The Balaban J connectivity index is 2.93. The van der Waals surface area contributed by atoms with Gasteiger partial charge in [-0.3, -0.25) is 4.79 Å². The minimum Gasteiger partial charge on any atom is -0.466 e. The molecule has 1 aromatic rings. The lowest BCUT2D eigenvalue weighted by molar-refractivity contribution is -0.143. The zero-order chi connectivity index (χ0) is 14.4. The molecule has 2 N–H and O–H groups in total. The van der Waals surface area contributed by atoms with Crippen molar-refractivity contribution in [3.8, 4) is 5.75 Å². The highest BCUT2D eigenvalue weighted by Gasteiger charge is 2.21. The Hall–Kier alpha value is -1.40. The number of esters is 1. The Morgan fingerprint density at radius 1 is 1.47 bits per heavy atom. The van der Waals surface area contributed by atoms with Crippen LogP contribution in [0.25, 0.3) is 0 Å². The van der Waals surface area contributed by atoms with E-state index in [0.29, 0.717) is 0 Å². The quantitative estimate of drug-likeness (QED) is 0.819. The van der Waals surface area contributed by atoms with Crippen LogP contribution in [-0.4, -0.2) is 19.2 Å². The molecule has 0 saturated heterocycles. The summed E-state index contributed by atoms with van der Waals surface area (Å²) in [6.07, 6.45) is -0.169. The van der Waals surface area contributed by atoms with E-state index in [0.717, 1.165) is 0 Å². The maximum absolute atomic E-state index is 12.3. The molecule has 0 spiro atoms. The average Bonchev–Trinajstić information content (AvgIpc) is 2.27. The second-order valence-corrected chi connectivity index (χ2v) is 4.05. The van der Waals surface area contributed by atoms with Crippen molar-refractivity contribution < 1.29 is 23.0 Å².